The van der Waals surface area contributed by atoms with Crippen LogP contribution in [0.25, 0.3) is 0 Å². The van der Waals surface area contributed by atoms with Crippen molar-refractivity contribution in [3.8, 4) is 5.75 Å². The summed E-state index contributed by atoms with van der Waals surface area (Å²) in [5.74, 6) is -0.741. The average molecular weight is 309 g/mol. The fraction of sp³-hybridized carbons (Fsp3) is 0.500. The standard InChI is InChI=1S/C16H23NO5/c1-5-13(22-4)15(20)17-16(2,10-14(18)19)11-7-6-8-12(9-11)21-3/h6-9,13H,5,10H2,1-4H3,(H,17,20)(H,18,19). The predicted molar refractivity (Wildman–Crippen MR) is 81.8 cm³/mol. The number of carbonyl (C=O) groups is 2. The first-order chi connectivity index (χ1) is 10.4. The molecule has 0 heterocycles. The number of amides is 1. The summed E-state index contributed by atoms with van der Waals surface area (Å²) in [6.45, 7) is 3.50. The van der Waals surface area contributed by atoms with Crippen molar-refractivity contribution in [2.24, 2.45) is 0 Å². The van der Waals surface area contributed by atoms with Gasteiger partial charge in [-0.15, -0.1) is 0 Å². The van der Waals surface area contributed by atoms with Crippen molar-refractivity contribution in [3.63, 3.8) is 0 Å². The van der Waals surface area contributed by atoms with Gasteiger partial charge in [0.2, 0.25) is 5.91 Å². The van der Waals surface area contributed by atoms with Crippen molar-refractivity contribution in [1.29, 1.82) is 0 Å². The van der Waals surface area contributed by atoms with Crippen LogP contribution in [0.4, 0.5) is 0 Å². The smallest absolute Gasteiger partial charge is 0.306 e. The molecule has 0 bridgehead atoms. The van der Waals surface area contributed by atoms with E-state index in [2.05, 4.69) is 5.32 Å². The summed E-state index contributed by atoms with van der Waals surface area (Å²) >= 11 is 0. The van der Waals surface area contributed by atoms with Gasteiger partial charge in [0, 0.05) is 7.11 Å². The first-order valence-corrected chi connectivity index (χ1v) is 7.07. The van der Waals surface area contributed by atoms with Gasteiger partial charge in [-0.3, -0.25) is 9.59 Å². The lowest BCUT2D eigenvalue weighted by molar-refractivity contribution is -0.140. The maximum Gasteiger partial charge on any atom is 0.306 e. The lowest BCUT2D eigenvalue weighted by atomic mass is 9.88. The monoisotopic (exact) mass is 309 g/mol. The number of rotatable bonds is 8. The molecule has 2 unspecified atom stereocenters. The Morgan fingerprint density at radius 2 is 2.05 bits per heavy atom. The molecule has 0 aliphatic carbocycles. The van der Waals surface area contributed by atoms with Crippen LogP contribution in [-0.4, -0.2) is 37.3 Å². The Morgan fingerprint density at radius 1 is 1.36 bits per heavy atom. The van der Waals surface area contributed by atoms with Gasteiger partial charge in [0.25, 0.3) is 0 Å². The molecule has 0 saturated carbocycles. The van der Waals surface area contributed by atoms with E-state index in [9.17, 15) is 14.7 Å². The average Bonchev–Trinajstić information content (AvgIpc) is 2.47. The molecule has 6 nitrogen and oxygen atoms in total. The van der Waals surface area contributed by atoms with Crippen LogP contribution in [0.2, 0.25) is 0 Å². The van der Waals surface area contributed by atoms with Crippen LogP contribution >= 0.6 is 0 Å². The van der Waals surface area contributed by atoms with Crippen molar-refractivity contribution in [2.45, 2.75) is 38.3 Å². The molecule has 0 spiro atoms. The molecule has 1 aromatic carbocycles. The van der Waals surface area contributed by atoms with Gasteiger partial charge in [-0.25, -0.2) is 0 Å². The quantitative estimate of drug-likeness (QED) is 0.766. The minimum atomic E-state index is -1.05. The van der Waals surface area contributed by atoms with Crippen molar-refractivity contribution in [1.82, 2.24) is 5.32 Å². The molecule has 0 fully saturated rings. The summed E-state index contributed by atoms with van der Waals surface area (Å²) in [5, 5.41) is 12.0. The number of hydrogen-bond donors (Lipinski definition) is 2. The number of carboxylic acid groups (broad SMARTS) is 1. The number of nitrogens with one attached hydrogen (secondary N) is 1. The van der Waals surface area contributed by atoms with E-state index in [4.69, 9.17) is 9.47 Å². The Hall–Kier alpha value is -2.08. The van der Waals surface area contributed by atoms with Gasteiger partial charge in [-0.05, 0) is 31.0 Å². The molecule has 122 valence electrons. The highest BCUT2D eigenvalue weighted by Gasteiger charge is 2.33. The van der Waals surface area contributed by atoms with Gasteiger partial charge in [0.15, 0.2) is 0 Å². The molecule has 1 aromatic rings. The third kappa shape index (κ3) is 4.46. The number of carboxylic acids is 1. The molecule has 1 amide bonds. The zero-order chi connectivity index (χ0) is 16.8. The van der Waals surface area contributed by atoms with Gasteiger partial charge >= 0.3 is 5.97 Å². The highest BCUT2D eigenvalue weighted by Crippen LogP contribution is 2.28. The highest BCUT2D eigenvalue weighted by molar-refractivity contribution is 5.82. The molecule has 0 aliphatic rings. The molecule has 0 aromatic heterocycles. The fourth-order valence-corrected chi connectivity index (χ4v) is 2.30. The van der Waals surface area contributed by atoms with E-state index in [1.165, 1.54) is 14.2 Å². The third-order valence-corrected chi connectivity index (χ3v) is 3.56. The largest absolute Gasteiger partial charge is 0.497 e. The topological polar surface area (TPSA) is 84.9 Å². The fourth-order valence-electron chi connectivity index (χ4n) is 2.30. The van der Waals surface area contributed by atoms with Crippen LogP contribution in [-0.2, 0) is 19.9 Å². The summed E-state index contributed by atoms with van der Waals surface area (Å²) in [7, 11) is 2.98. The zero-order valence-electron chi connectivity index (χ0n) is 13.4. The highest BCUT2D eigenvalue weighted by atomic mass is 16.5. The minimum Gasteiger partial charge on any atom is -0.497 e. The van der Waals surface area contributed by atoms with Crippen molar-refractivity contribution >= 4 is 11.9 Å². The third-order valence-electron chi connectivity index (χ3n) is 3.56. The molecule has 6 heteroatoms. The van der Waals surface area contributed by atoms with E-state index in [0.29, 0.717) is 17.7 Å². The lowest BCUT2D eigenvalue weighted by Gasteiger charge is -2.31. The zero-order valence-corrected chi connectivity index (χ0v) is 13.4. The molecular weight excluding hydrogens is 286 g/mol. The van der Waals surface area contributed by atoms with Crippen LogP contribution in [0.5, 0.6) is 5.75 Å². The van der Waals surface area contributed by atoms with Gasteiger partial charge in [0.05, 0.1) is 19.1 Å². The molecule has 2 atom stereocenters. The molecule has 1 rings (SSSR count). The number of hydrogen-bond acceptors (Lipinski definition) is 4. The van der Waals surface area contributed by atoms with E-state index < -0.39 is 17.6 Å². The van der Waals surface area contributed by atoms with Crippen LogP contribution in [0, 0.1) is 0 Å². The van der Waals surface area contributed by atoms with Crippen molar-refractivity contribution in [3.05, 3.63) is 29.8 Å². The van der Waals surface area contributed by atoms with Gasteiger partial charge < -0.3 is 19.9 Å². The van der Waals surface area contributed by atoms with E-state index in [1.807, 2.05) is 6.92 Å². The summed E-state index contributed by atoms with van der Waals surface area (Å²) in [6.07, 6.45) is -0.353. The second kappa shape index (κ2) is 7.79. The molecule has 22 heavy (non-hydrogen) atoms. The predicted octanol–water partition coefficient (Wildman–Crippen LogP) is 1.93. The first-order valence-electron chi connectivity index (χ1n) is 7.07. The second-order valence-corrected chi connectivity index (χ2v) is 5.26. The molecule has 0 aliphatic heterocycles. The maximum absolute atomic E-state index is 12.3. The summed E-state index contributed by atoms with van der Waals surface area (Å²) < 4.78 is 10.3. The number of carbonyl (C=O) groups excluding carboxylic acids is 1. The number of aliphatic carboxylic acids is 1. The van der Waals surface area contributed by atoms with E-state index in [1.54, 1.807) is 31.2 Å². The van der Waals surface area contributed by atoms with E-state index in [0.717, 1.165) is 0 Å². The number of benzene rings is 1. The van der Waals surface area contributed by atoms with Crippen LogP contribution < -0.4 is 10.1 Å². The van der Waals surface area contributed by atoms with E-state index in [-0.39, 0.29) is 12.3 Å². The van der Waals surface area contributed by atoms with Crippen LogP contribution in [0.1, 0.15) is 32.3 Å². The van der Waals surface area contributed by atoms with Crippen molar-refractivity contribution < 1.29 is 24.2 Å². The second-order valence-electron chi connectivity index (χ2n) is 5.26. The summed E-state index contributed by atoms with van der Waals surface area (Å²) in [4.78, 5) is 23.5. The van der Waals surface area contributed by atoms with Crippen molar-refractivity contribution in [2.75, 3.05) is 14.2 Å². The Bertz CT molecular complexity index is 527. The Balaban J connectivity index is 3.13. The van der Waals surface area contributed by atoms with Crippen LogP contribution in [0.15, 0.2) is 24.3 Å². The summed E-state index contributed by atoms with van der Waals surface area (Å²) in [6, 6.07) is 7.00. The normalized spacial score (nSPS) is 14.7. The number of methoxy groups -OCH3 is 2. The van der Waals surface area contributed by atoms with E-state index >= 15 is 0 Å². The Kier molecular flexibility index (Phi) is 6.37. The minimum absolute atomic E-state index is 0.244. The van der Waals surface area contributed by atoms with Gasteiger partial charge in [-0.2, -0.15) is 0 Å². The lowest BCUT2D eigenvalue weighted by Crippen LogP contribution is -2.49. The molecular formula is C16H23NO5. The van der Waals surface area contributed by atoms with Crippen LogP contribution in [0.3, 0.4) is 0 Å². The van der Waals surface area contributed by atoms with Gasteiger partial charge in [-0.1, -0.05) is 19.1 Å². The maximum atomic E-state index is 12.3. The summed E-state index contributed by atoms with van der Waals surface area (Å²) in [5.41, 5.74) is -0.391. The first kappa shape index (κ1) is 18.0. The Labute approximate surface area is 130 Å². The SMILES string of the molecule is CCC(OC)C(=O)NC(C)(CC(=O)O)c1cccc(OC)c1. The molecule has 2 N–H and O–H groups in total. The molecule has 0 radical (unpaired) electrons. The van der Waals surface area contributed by atoms with Gasteiger partial charge in [0.1, 0.15) is 11.9 Å². The molecule has 0 saturated heterocycles. The Morgan fingerprint density at radius 3 is 2.55 bits per heavy atom. The number of ether oxygens (including phenoxy) is 2.